The summed E-state index contributed by atoms with van der Waals surface area (Å²) in [6.07, 6.45) is 6.24. The molecule has 1 rings (SSSR count). The monoisotopic (exact) mass is 412 g/mol. The number of nitrogens with two attached hydrogens (primary N) is 2. The van der Waals surface area contributed by atoms with Gasteiger partial charge in [-0.05, 0) is 45.2 Å². The smallest absolute Gasteiger partial charge is 0.251 e. The summed E-state index contributed by atoms with van der Waals surface area (Å²) >= 11 is 0. The van der Waals surface area contributed by atoms with Gasteiger partial charge in [0, 0.05) is 36.2 Å². The second kappa shape index (κ2) is 12.9. The van der Waals surface area contributed by atoms with E-state index in [1.165, 1.54) is 0 Å². The van der Waals surface area contributed by atoms with Gasteiger partial charge >= 0.3 is 0 Å². The van der Waals surface area contributed by atoms with Gasteiger partial charge in [0.1, 0.15) is 11.7 Å². The summed E-state index contributed by atoms with van der Waals surface area (Å²) < 4.78 is 0. The van der Waals surface area contributed by atoms with Crippen molar-refractivity contribution in [3.05, 3.63) is 58.7 Å². The van der Waals surface area contributed by atoms with E-state index in [0.717, 1.165) is 24.8 Å². The first-order valence-electron chi connectivity index (χ1n) is 9.91. The number of allylic oxidation sites excluding steroid dienone is 1. The van der Waals surface area contributed by atoms with E-state index < -0.39 is 0 Å². The Morgan fingerprint density at radius 3 is 2.27 bits per heavy atom. The van der Waals surface area contributed by atoms with Crippen molar-refractivity contribution >= 4 is 23.5 Å². The van der Waals surface area contributed by atoms with E-state index in [1.807, 2.05) is 6.92 Å². The molecule has 1 aromatic rings. The van der Waals surface area contributed by atoms with Crippen LogP contribution < -0.4 is 22.1 Å². The van der Waals surface area contributed by atoms with Crippen molar-refractivity contribution in [2.45, 2.75) is 39.5 Å². The fraction of sp³-hybridized carbons (Fsp3) is 0.364. The van der Waals surface area contributed by atoms with Crippen molar-refractivity contribution in [1.29, 1.82) is 10.8 Å². The zero-order valence-electron chi connectivity index (χ0n) is 17.7. The summed E-state index contributed by atoms with van der Waals surface area (Å²) in [5, 5.41) is 20.6. The molecule has 0 aliphatic carbocycles. The number of unbranched alkanes of at least 4 members (excludes halogenated alkanes) is 2. The number of hydrogen-bond donors (Lipinski definition) is 6. The number of nitrogen functional groups attached to an aromatic ring is 1. The summed E-state index contributed by atoms with van der Waals surface area (Å²) in [6.45, 7) is 4.74. The van der Waals surface area contributed by atoms with E-state index in [9.17, 15) is 9.59 Å². The normalized spacial score (nSPS) is 11.7. The van der Waals surface area contributed by atoms with E-state index in [0.29, 0.717) is 29.8 Å². The maximum Gasteiger partial charge on any atom is 0.251 e. The number of rotatable bonds is 12. The van der Waals surface area contributed by atoms with Crippen LogP contribution in [0.4, 0.5) is 0 Å². The molecule has 8 N–H and O–H groups in total. The average molecular weight is 413 g/mol. The van der Waals surface area contributed by atoms with E-state index in [-0.39, 0.29) is 29.9 Å². The number of hydrogen-bond acceptors (Lipinski definition) is 4. The van der Waals surface area contributed by atoms with Crippen LogP contribution in [0.25, 0.3) is 0 Å². The van der Waals surface area contributed by atoms with Gasteiger partial charge in [0.25, 0.3) is 5.91 Å². The number of nitrogens with one attached hydrogen (secondary N) is 4. The van der Waals surface area contributed by atoms with Crippen molar-refractivity contribution in [3.8, 4) is 0 Å². The summed E-state index contributed by atoms with van der Waals surface area (Å²) in [6, 6.07) is 6.67. The van der Waals surface area contributed by atoms with Gasteiger partial charge in [-0.3, -0.25) is 20.4 Å². The van der Waals surface area contributed by atoms with Crippen LogP contribution in [0, 0.1) is 10.8 Å². The maximum absolute atomic E-state index is 12.1. The molecule has 0 aliphatic heterocycles. The first kappa shape index (κ1) is 24.6. The van der Waals surface area contributed by atoms with Crippen molar-refractivity contribution in [3.63, 3.8) is 0 Å². The molecule has 8 nitrogen and oxygen atoms in total. The molecule has 0 atom stereocenters. The SMILES string of the molecule is C/C=C(\C=C(/C)CC(=O)NCCCCCNC(=O)c1cccc(C(=N)N)c1)C(=N)N. The molecule has 0 saturated heterocycles. The Hall–Kier alpha value is -3.42. The zero-order chi connectivity index (χ0) is 22.5. The highest BCUT2D eigenvalue weighted by molar-refractivity contribution is 6.00. The highest BCUT2D eigenvalue weighted by atomic mass is 16.2. The lowest BCUT2D eigenvalue weighted by Crippen LogP contribution is -2.26. The van der Waals surface area contributed by atoms with Crippen LogP contribution in [0.3, 0.4) is 0 Å². The second-order valence-electron chi connectivity index (χ2n) is 6.99. The molecule has 2 amide bonds. The van der Waals surface area contributed by atoms with Crippen LogP contribution >= 0.6 is 0 Å². The number of carbonyl (C=O) groups is 2. The Kier molecular flexibility index (Phi) is 10.6. The Labute approximate surface area is 177 Å². The molecule has 0 fully saturated rings. The van der Waals surface area contributed by atoms with Gasteiger partial charge in [0.15, 0.2) is 0 Å². The zero-order valence-corrected chi connectivity index (χ0v) is 17.7. The fourth-order valence-electron chi connectivity index (χ4n) is 2.74. The van der Waals surface area contributed by atoms with Crippen molar-refractivity contribution in [1.82, 2.24) is 10.6 Å². The van der Waals surface area contributed by atoms with Crippen LogP contribution in [0.5, 0.6) is 0 Å². The summed E-state index contributed by atoms with van der Waals surface area (Å²) in [5.41, 5.74) is 13.3. The molecule has 0 bridgehead atoms. The molecular weight excluding hydrogens is 380 g/mol. The third-order valence-corrected chi connectivity index (χ3v) is 4.36. The number of amides is 2. The average Bonchev–Trinajstić information content (AvgIpc) is 2.70. The lowest BCUT2D eigenvalue weighted by atomic mass is 10.1. The van der Waals surface area contributed by atoms with Crippen LogP contribution in [0.1, 0.15) is 55.5 Å². The van der Waals surface area contributed by atoms with Crippen LogP contribution in [-0.2, 0) is 4.79 Å². The van der Waals surface area contributed by atoms with Gasteiger partial charge in [-0.25, -0.2) is 0 Å². The second-order valence-corrected chi connectivity index (χ2v) is 6.99. The van der Waals surface area contributed by atoms with Crippen LogP contribution in [0.15, 0.2) is 47.6 Å². The molecule has 0 spiro atoms. The Bertz CT molecular complexity index is 842. The highest BCUT2D eigenvalue weighted by Gasteiger charge is 2.07. The van der Waals surface area contributed by atoms with Gasteiger partial charge in [0.05, 0.1) is 0 Å². The molecule has 0 radical (unpaired) electrons. The minimum atomic E-state index is -0.195. The van der Waals surface area contributed by atoms with E-state index in [4.69, 9.17) is 22.3 Å². The molecule has 0 aromatic heterocycles. The third kappa shape index (κ3) is 9.18. The molecule has 0 saturated carbocycles. The summed E-state index contributed by atoms with van der Waals surface area (Å²) in [7, 11) is 0. The topological polar surface area (TPSA) is 158 Å². The molecule has 30 heavy (non-hydrogen) atoms. The Morgan fingerprint density at radius 2 is 1.67 bits per heavy atom. The molecule has 0 unspecified atom stereocenters. The summed E-state index contributed by atoms with van der Waals surface area (Å²) in [4.78, 5) is 24.1. The standard InChI is InChI=1S/C22H32N6O2/c1-3-16(20(23)24)12-15(2)13-19(29)27-10-5-4-6-11-28-22(30)18-9-7-8-17(14-18)21(25)26/h3,7-9,12,14H,4-6,10-11,13H2,1-2H3,(H3,23,24)(H3,25,26)(H,27,29)(H,28,30)/b15-12+,16-3+. The number of amidine groups is 2. The first-order valence-corrected chi connectivity index (χ1v) is 9.91. The molecule has 8 heteroatoms. The highest BCUT2D eigenvalue weighted by Crippen LogP contribution is 2.07. The predicted molar refractivity (Wildman–Crippen MR) is 121 cm³/mol. The lowest BCUT2D eigenvalue weighted by molar-refractivity contribution is -0.120. The molecule has 162 valence electrons. The predicted octanol–water partition coefficient (Wildman–Crippen LogP) is 2.21. The number of benzene rings is 1. The lowest BCUT2D eigenvalue weighted by Gasteiger charge is -2.08. The minimum absolute atomic E-state index is 0.0177. The van der Waals surface area contributed by atoms with Crippen molar-refractivity contribution in [2.24, 2.45) is 11.5 Å². The van der Waals surface area contributed by atoms with Crippen LogP contribution in [-0.4, -0.2) is 36.6 Å². The quantitative estimate of drug-likeness (QED) is 0.135. The third-order valence-electron chi connectivity index (χ3n) is 4.36. The molecule has 0 heterocycles. The van der Waals surface area contributed by atoms with E-state index >= 15 is 0 Å². The molecular formula is C22H32N6O2. The molecule has 1 aromatic carbocycles. The first-order chi connectivity index (χ1) is 14.2. The number of carbonyl (C=O) groups excluding carboxylic acids is 2. The van der Waals surface area contributed by atoms with Gasteiger partial charge < -0.3 is 22.1 Å². The fourth-order valence-corrected chi connectivity index (χ4v) is 2.74. The van der Waals surface area contributed by atoms with E-state index in [2.05, 4.69) is 10.6 Å². The summed E-state index contributed by atoms with van der Waals surface area (Å²) in [5.74, 6) is -0.351. The minimum Gasteiger partial charge on any atom is -0.384 e. The van der Waals surface area contributed by atoms with Gasteiger partial charge in [-0.1, -0.05) is 29.9 Å². The van der Waals surface area contributed by atoms with Crippen molar-refractivity contribution in [2.75, 3.05) is 13.1 Å². The van der Waals surface area contributed by atoms with Crippen molar-refractivity contribution < 1.29 is 9.59 Å². The largest absolute Gasteiger partial charge is 0.384 e. The van der Waals surface area contributed by atoms with E-state index in [1.54, 1.807) is 43.3 Å². The maximum atomic E-state index is 12.1. The van der Waals surface area contributed by atoms with Crippen LogP contribution in [0.2, 0.25) is 0 Å². The molecule has 0 aliphatic rings. The Morgan fingerprint density at radius 1 is 1.03 bits per heavy atom. The van der Waals surface area contributed by atoms with Gasteiger partial charge in [-0.15, -0.1) is 0 Å². The van der Waals surface area contributed by atoms with Gasteiger partial charge in [0.2, 0.25) is 5.91 Å². The Balaban J connectivity index is 2.22. The van der Waals surface area contributed by atoms with Gasteiger partial charge in [-0.2, -0.15) is 0 Å².